The number of sulfonamides is 1. The Hall–Kier alpha value is -2.00. The molecule has 0 saturated carbocycles. The lowest BCUT2D eigenvalue weighted by Crippen LogP contribution is -2.51. The molecule has 1 amide bonds. The number of amides is 1. The van der Waals surface area contributed by atoms with Crippen LogP contribution in [0.15, 0.2) is 47.4 Å². The molecule has 2 aromatic rings. The zero-order valence-corrected chi connectivity index (χ0v) is 19.8. The van der Waals surface area contributed by atoms with E-state index in [1.807, 2.05) is 24.3 Å². The van der Waals surface area contributed by atoms with Crippen LogP contribution in [0.4, 0.5) is 5.69 Å². The van der Waals surface area contributed by atoms with Crippen LogP contribution in [0.5, 0.6) is 5.75 Å². The minimum Gasteiger partial charge on any atom is -0.495 e. The highest BCUT2D eigenvalue weighted by atomic mass is 35.5. The minimum atomic E-state index is -3.87. The molecule has 0 aromatic heterocycles. The summed E-state index contributed by atoms with van der Waals surface area (Å²) in [6.07, 6.45) is 0. The van der Waals surface area contributed by atoms with E-state index in [4.69, 9.17) is 27.9 Å². The molecule has 0 N–H and O–H groups in total. The molecule has 0 unspecified atom stereocenters. The lowest BCUT2D eigenvalue weighted by Gasteiger charge is -2.37. The highest BCUT2D eigenvalue weighted by Gasteiger charge is 2.29. The zero-order valence-electron chi connectivity index (χ0n) is 17.4. The predicted molar refractivity (Wildman–Crippen MR) is 123 cm³/mol. The van der Waals surface area contributed by atoms with Crippen molar-refractivity contribution in [3.05, 3.63) is 52.5 Å². The molecule has 1 heterocycles. The SMILES string of the molecule is CCN(CC(=O)N1CCN(c2cccc(Cl)c2)CC1)S(=O)(=O)c1ccc(OC)c(Cl)c1. The van der Waals surface area contributed by atoms with Crippen molar-refractivity contribution in [3.8, 4) is 5.75 Å². The highest BCUT2D eigenvalue weighted by Crippen LogP contribution is 2.28. The summed E-state index contributed by atoms with van der Waals surface area (Å²) < 4.78 is 32.3. The van der Waals surface area contributed by atoms with Crippen LogP contribution in [-0.2, 0) is 14.8 Å². The fourth-order valence-electron chi connectivity index (χ4n) is 3.46. The maximum Gasteiger partial charge on any atom is 0.243 e. The minimum absolute atomic E-state index is 0.0266. The van der Waals surface area contributed by atoms with Gasteiger partial charge in [0.1, 0.15) is 5.75 Å². The van der Waals surface area contributed by atoms with Gasteiger partial charge >= 0.3 is 0 Å². The molecule has 0 atom stereocenters. The maximum atomic E-state index is 13.0. The van der Waals surface area contributed by atoms with Crippen molar-refractivity contribution in [3.63, 3.8) is 0 Å². The molecule has 0 radical (unpaired) electrons. The third-order valence-corrected chi connectivity index (χ3v) is 7.68. The fourth-order valence-corrected chi connectivity index (χ4v) is 5.39. The predicted octanol–water partition coefficient (Wildman–Crippen LogP) is 3.36. The molecule has 3 rings (SSSR count). The van der Waals surface area contributed by atoms with E-state index in [0.717, 1.165) is 9.99 Å². The number of anilines is 1. The molecular weight excluding hydrogens is 461 g/mol. The van der Waals surface area contributed by atoms with Crippen molar-refractivity contribution < 1.29 is 17.9 Å². The largest absolute Gasteiger partial charge is 0.495 e. The van der Waals surface area contributed by atoms with Gasteiger partial charge < -0.3 is 14.5 Å². The second kappa shape index (κ2) is 10.1. The van der Waals surface area contributed by atoms with Crippen molar-refractivity contribution in [1.82, 2.24) is 9.21 Å². The second-order valence-corrected chi connectivity index (χ2v) is 9.86. The van der Waals surface area contributed by atoms with Crippen LogP contribution < -0.4 is 9.64 Å². The number of rotatable bonds is 7. The first-order valence-corrected chi connectivity index (χ1v) is 12.1. The number of benzene rings is 2. The molecule has 168 valence electrons. The van der Waals surface area contributed by atoms with E-state index in [9.17, 15) is 13.2 Å². The number of carbonyl (C=O) groups is 1. The number of piperazine rings is 1. The van der Waals surface area contributed by atoms with Crippen LogP contribution in [0.25, 0.3) is 0 Å². The van der Waals surface area contributed by atoms with Crippen molar-refractivity contribution in [2.24, 2.45) is 0 Å². The van der Waals surface area contributed by atoms with E-state index in [2.05, 4.69) is 4.90 Å². The van der Waals surface area contributed by atoms with Gasteiger partial charge in [-0.1, -0.05) is 36.2 Å². The fraction of sp³-hybridized carbons (Fsp3) is 0.381. The molecule has 10 heteroatoms. The topological polar surface area (TPSA) is 70.2 Å². The van der Waals surface area contributed by atoms with E-state index >= 15 is 0 Å². The Morgan fingerprint density at radius 2 is 1.81 bits per heavy atom. The van der Waals surface area contributed by atoms with Gasteiger partial charge in [0, 0.05) is 43.4 Å². The smallest absolute Gasteiger partial charge is 0.243 e. The average Bonchev–Trinajstić information content (AvgIpc) is 2.77. The van der Waals surface area contributed by atoms with Gasteiger partial charge in [-0.3, -0.25) is 4.79 Å². The normalized spacial score (nSPS) is 14.7. The number of ether oxygens (including phenoxy) is 1. The lowest BCUT2D eigenvalue weighted by atomic mass is 10.2. The standard InChI is InChI=1S/C21H25Cl2N3O4S/c1-3-26(31(28,29)18-7-8-20(30-2)19(23)14-18)15-21(27)25-11-9-24(10-12-25)17-6-4-5-16(22)13-17/h4-8,13-14H,3,9-12,15H2,1-2H3. The Bertz CT molecular complexity index is 1040. The van der Waals surface area contributed by atoms with Crippen LogP contribution in [-0.4, -0.2) is 69.9 Å². The molecule has 0 aliphatic carbocycles. The Morgan fingerprint density at radius 1 is 1.10 bits per heavy atom. The quantitative estimate of drug-likeness (QED) is 0.601. The summed E-state index contributed by atoms with van der Waals surface area (Å²) in [5.41, 5.74) is 1.01. The molecule has 1 aliphatic rings. The van der Waals surface area contributed by atoms with Gasteiger partial charge in [0.05, 0.1) is 23.6 Å². The van der Waals surface area contributed by atoms with Gasteiger partial charge in [-0.2, -0.15) is 4.31 Å². The lowest BCUT2D eigenvalue weighted by molar-refractivity contribution is -0.131. The summed E-state index contributed by atoms with van der Waals surface area (Å²) in [5.74, 6) is 0.160. The van der Waals surface area contributed by atoms with Crippen molar-refractivity contribution >= 4 is 44.8 Å². The van der Waals surface area contributed by atoms with Crippen molar-refractivity contribution in [2.45, 2.75) is 11.8 Å². The molecule has 2 aromatic carbocycles. The first-order valence-electron chi connectivity index (χ1n) is 9.88. The number of carbonyl (C=O) groups excluding carboxylic acids is 1. The van der Waals surface area contributed by atoms with E-state index in [1.54, 1.807) is 11.8 Å². The first-order chi connectivity index (χ1) is 14.8. The molecular formula is C21H25Cl2N3O4S. The Labute approximate surface area is 193 Å². The average molecular weight is 486 g/mol. The van der Waals surface area contributed by atoms with Crippen molar-refractivity contribution in [1.29, 1.82) is 0 Å². The van der Waals surface area contributed by atoms with Gasteiger partial charge in [-0.05, 0) is 36.4 Å². The Morgan fingerprint density at radius 3 is 2.39 bits per heavy atom. The van der Waals surface area contributed by atoms with Crippen LogP contribution >= 0.6 is 23.2 Å². The summed E-state index contributed by atoms with van der Waals surface area (Å²) in [5, 5.41) is 0.863. The maximum absolute atomic E-state index is 13.0. The highest BCUT2D eigenvalue weighted by molar-refractivity contribution is 7.89. The third-order valence-electron chi connectivity index (χ3n) is 5.23. The molecule has 1 aliphatic heterocycles. The van der Waals surface area contributed by atoms with E-state index in [0.29, 0.717) is 37.0 Å². The number of halogens is 2. The first kappa shape index (κ1) is 23.7. The molecule has 0 spiro atoms. The molecule has 1 fully saturated rings. The monoisotopic (exact) mass is 485 g/mol. The molecule has 0 bridgehead atoms. The summed E-state index contributed by atoms with van der Waals surface area (Å²) in [4.78, 5) is 16.7. The van der Waals surface area contributed by atoms with Crippen LogP contribution in [0.1, 0.15) is 6.92 Å². The Kier molecular flexibility index (Phi) is 7.69. The third kappa shape index (κ3) is 5.44. The van der Waals surface area contributed by atoms with E-state index in [-0.39, 0.29) is 28.9 Å². The van der Waals surface area contributed by atoms with Crippen LogP contribution in [0.3, 0.4) is 0 Å². The number of nitrogens with zero attached hydrogens (tertiary/aromatic N) is 3. The summed E-state index contributed by atoms with van der Waals surface area (Å²) >= 11 is 12.2. The summed E-state index contributed by atoms with van der Waals surface area (Å²) in [7, 11) is -2.41. The number of hydrogen-bond donors (Lipinski definition) is 0. The van der Waals surface area contributed by atoms with Gasteiger partial charge in [0.2, 0.25) is 15.9 Å². The number of hydrogen-bond acceptors (Lipinski definition) is 5. The van der Waals surface area contributed by atoms with Crippen LogP contribution in [0, 0.1) is 0 Å². The summed E-state index contributed by atoms with van der Waals surface area (Å²) in [6.45, 7) is 3.97. The van der Waals surface area contributed by atoms with Gasteiger partial charge in [-0.25, -0.2) is 8.42 Å². The molecule has 7 nitrogen and oxygen atoms in total. The van der Waals surface area contributed by atoms with Crippen molar-refractivity contribution in [2.75, 3.05) is 51.3 Å². The van der Waals surface area contributed by atoms with E-state index in [1.165, 1.54) is 25.3 Å². The van der Waals surface area contributed by atoms with Gasteiger partial charge in [-0.15, -0.1) is 0 Å². The summed E-state index contributed by atoms with van der Waals surface area (Å²) in [6, 6.07) is 11.9. The second-order valence-electron chi connectivity index (χ2n) is 7.08. The number of likely N-dealkylation sites (N-methyl/N-ethyl adjacent to an activating group) is 1. The van der Waals surface area contributed by atoms with Gasteiger partial charge in [0.15, 0.2) is 0 Å². The molecule has 1 saturated heterocycles. The number of methoxy groups -OCH3 is 1. The molecule has 31 heavy (non-hydrogen) atoms. The van der Waals surface area contributed by atoms with Crippen LogP contribution in [0.2, 0.25) is 10.0 Å². The van der Waals surface area contributed by atoms with Gasteiger partial charge in [0.25, 0.3) is 0 Å². The Balaban J connectivity index is 1.65. The zero-order chi connectivity index (χ0) is 22.6. The van der Waals surface area contributed by atoms with E-state index < -0.39 is 10.0 Å².